The van der Waals surface area contributed by atoms with Gasteiger partial charge in [0.15, 0.2) is 0 Å². The molecule has 2 rings (SSSR count). The van der Waals surface area contributed by atoms with Gasteiger partial charge in [-0.05, 0) is 43.9 Å². The van der Waals surface area contributed by atoms with Crippen LogP contribution in [-0.4, -0.2) is 22.0 Å². The third-order valence-corrected chi connectivity index (χ3v) is 5.03. The van der Waals surface area contributed by atoms with Crippen molar-refractivity contribution in [2.24, 2.45) is 7.05 Å². The van der Waals surface area contributed by atoms with Gasteiger partial charge in [-0.1, -0.05) is 45.4 Å². The van der Waals surface area contributed by atoms with Crippen LogP contribution < -0.4 is 0 Å². The topological polar surface area (TPSA) is 27.1 Å². The number of rotatable bonds is 12. The molecule has 0 spiro atoms. The molecule has 27 heavy (non-hydrogen) atoms. The molecule has 0 bridgehead atoms. The molecule has 3 nitrogen and oxygen atoms in total. The smallest absolute Gasteiger partial charge is 0.333 e. The first kappa shape index (κ1) is 21.7. The first-order valence-corrected chi connectivity index (χ1v) is 10.0. The predicted octanol–water partition coefficient (Wildman–Crippen LogP) is 6.55. The van der Waals surface area contributed by atoms with Gasteiger partial charge in [-0.3, -0.25) is 4.74 Å². The first-order valence-electron chi connectivity index (χ1n) is 10.0. The minimum Gasteiger partial charge on any atom is -0.333 e. The second-order valence-electron chi connectivity index (χ2n) is 7.25. The van der Waals surface area contributed by atoms with Crippen LogP contribution in [0.25, 0.3) is 11.0 Å². The highest BCUT2D eigenvalue weighted by Gasteiger charge is 2.33. The van der Waals surface area contributed by atoms with Crippen molar-refractivity contribution in [1.82, 2.24) is 9.55 Å². The third kappa shape index (κ3) is 7.53. The summed E-state index contributed by atoms with van der Waals surface area (Å²) < 4.78 is 44.4. The van der Waals surface area contributed by atoms with Crippen molar-refractivity contribution in [2.75, 3.05) is 0 Å². The standard InChI is InChI=1S/C21H31F3N2O/c1-3-4-5-6-7-13-19(27-21(22,23)24)14-9-8-12-18-16-17-11-10-15-25-20(17)26(18)2/h10-11,15-16,19H,3-9,12-14H2,1-2H3. The van der Waals surface area contributed by atoms with E-state index < -0.39 is 12.5 Å². The maximum absolute atomic E-state index is 12.6. The summed E-state index contributed by atoms with van der Waals surface area (Å²) in [4.78, 5) is 4.37. The van der Waals surface area contributed by atoms with Gasteiger partial charge in [0.1, 0.15) is 5.65 Å². The number of unbranched alkanes of at least 4 members (excludes halogenated alkanes) is 5. The molecule has 0 radical (unpaired) electrons. The lowest BCUT2D eigenvalue weighted by atomic mass is 10.0. The zero-order valence-corrected chi connectivity index (χ0v) is 16.4. The molecular weight excluding hydrogens is 353 g/mol. The summed E-state index contributed by atoms with van der Waals surface area (Å²) in [6.45, 7) is 2.13. The van der Waals surface area contributed by atoms with Crippen molar-refractivity contribution in [3.05, 3.63) is 30.1 Å². The Hall–Kier alpha value is -1.56. The van der Waals surface area contributed by atoms with Gasteiger partial charge in [-0.2, -0.15) is 0 Å². The molecule has 1 atom stereocenters. The summed E-state index contributed by atoms with van der Waals surface area (Å²) in [5.74, 6) is 0. The van der Waals surface area contributed by atoms with Gasteiger partial charge in [0.2, 0.25) is 0 Å². The molecule has 0 saturated carbocycles. The van der Waals surface area contributed by atoms with E-state index in [-0.39, 0.29) is 0 Å². The monoisotopic (exact) mass is 384 g/mol. The Morgan fingerprint density at radius 3 is 2.44 bits per heavy atom. The second-order valence-corrected chi connectivity index (χ2v) is 7.25. The Kier molecular flexibility index (Phi) is 8.61. The fourth-order valence-electron chi connectivity index (χ4n) is 3.56. The van der Waals surface area contributed by atoms with E-state index in [1.165, 1.54) is 0 Å². The van der Waals surface area contributed by atoms with Crippen molar-refractivity contribution in [3.8, 4) is 0 Å². The highest BCUT2D eigenvalue weighted by molar-refractivity contribution is 5.77. The predicted molar refractivity (Wildman–Crippen MR) is 103 cm³/mol. The minimum absolute atomic E-state index is 0.454. The summed E-state index contributed by atoms with van der Waals surface area (Å²) in [6.07, 6.45) is 4.99. The Bertz CT molecular complexity index is 682. The number of hydrogen-bond acceptors (Lipinski definition) is 2. The van der Waals surface area contributed by atoms with Crippen LogP contribution in [0.5, 0.6) is 0 Å². The van der Waals surface area contributed by atoms with E-state index in [0.717, 1.165) is 68.1 Å². The lowest BCUT2D eigenvalue weighted by molar-refractivity contribution is -0.344. The average Bonchev–Trinajstić information content (AvgIpc) is 2.93. The SMILES string of the molecule is CCCCCCCC(CCCCc1cc2cccnc2n1C)OC(F)(F)F. The minimum atomic E-state index is -4.55. The van der Waals surface area contributed by atoms with Crippen LogP contribution in [0.4, 0.5) is 13.2 Å². The number of pyridine rings is 1. The fraction of sp³-hybridized carbons (Fsp3) is 0.667. The zero-order valence-electron chi connectivity index (χ0n) is 16.4. The van der Waals surface area contributed by atoms with Gasteiger partial charge in [0.05, 0.1) is 6.10 Å². The molecule has 1 unspecified atom stereocenters. The molecule has 6 heteroatoms. The number of hydrogen-bond donors (Lipinski definition) is 0. The van der Waals surface area contributed by atoms with Gasteiger partial charge in [0, 0.05) is 24.3 Å². The highest BCUT2D eigenvalue weighted by atomic mass is 19.4. The maximum atomic E-state index is 12.6. The van der Waals surface area contributed by atoms with E-state index >= 15 is 0 Å². The van der Waals surface area contributed by atoms with E-state index in [9.17, 15) is 13.2 Å². The van der Waals surface area contributed by atoms with E-state index in [1.807, 2.05) is 19.2 Å². The normalized spacial score (nSPS) is 13.4. The Morgan fingerprint density at radius 1 is 1.07 bits per heavy atom. The van der Waals surface area contributed by atoms with Crippen LogP contribution in [0.15, 0.2) is 24.4 Å². The molecule has 0 aromatic carbocycles. The molecule has 2 aromatic rings. The average molecular weight is 384 g/mol. The molecule has 2 heterocycles. The van der Waals surface area contributed by atoms with Gasteiger partial charge >= 0.3 is 6.36 Å². The Balaban J connectivity index is 1.78. The molecule has 0 amide bonds. The van der Waals surface area contributed by atoms with Crippen LogP contribution in [0.1, 0.15) is 70.4 Å². The summed E-state index contributed by atoms with van der Waals surface area (Å²) in [7, 11) is 1.98. The first-order chi connectivity index (χ1) is 12.9. The Labute approximate surface area is 159 Å². The summed E-state index contributed by atoms with van der Waals surface area (Å²) >= 11 is 0. The summed E-state index contributed by atoms with van der Waals surface area (Å²) in [6, 6.07) is 6.04. The van der Waals surface area contributed by atoms with Crippen molar-refractivity contribution in [1.29, 1.82) is 0 Å². The number of aryl methyl sites for hydroxylation is 2. The van der Waals surface area contributed by atoms with E-state index in [4.69, 9.17) is 0 Å². The molecule has 0 aliphatic rings. The number of ether oxygens (including phenoxy) is 1. The van der Waals surface area contributed by atoms with Crippen molar-refractivity contribution in [3.63, 3.8) is 0 Å². The largest absolute Gasteiger partial charge is 0.522 e. The van der Waals surface area contributed by atoms with E-state index in [2.05, 4.69) is 27.3 Å². The van der Waals surface area contributed by atoms with Crippen LogP contribution in [-0.2, 0) is 18.2 Å². The number of nitrogens with zero attached hydrogens (tertiary/aromatic N) is 2. The van der Waals surface area contributed by atoms with Crippen molar-refractivity contribution in [2.45, 2.75) is 83.6 Å². The van der Waals surface area contributed by atoms with Gasteiger partial charge < -0.3 is 4.57 Å². The lowest BCUT2D eigenvalue weighted by Gasteiger charge is -2.19. The molecule has 0 N–H and O–H groups in total. The third-order valence-electron chi connectivity index (χ3n) is 5.03. The number of fused-ring (bicyclic) bond motifs is 1. The quantitative estimate of drug-likeness (QED) is 0.388. The highest BCUT2D eigenvalue weighted by Crippen LogP contribution is 2.25. The van der Waals surface area contributed by atoms with Crippen LogP contribution in [0.3, 0.4) is 0 Å². The molecule has 0 aliphatic heterocycles. The van der Waals surface area contributed by atoms with Gasteiger partial charge in [-0.15, -0.1) is 13.2 Å². The molecule has 2 aromatic heterocycles. The van der Waals surface area contributed by atoms with Crippen LogP contribution in [0, 0.1) is 0 Å². The maximum Gasteiger partial charge on any atom is 0.522 e. The van der Waals surface area contributed by atoms with Crippen molar-refractivity contribution >= 4 is 11.0 Å². The van der Waals surface area contributed by atoms with Crippen LogP contribution >= 0.6 is 0 Å². The second kappa shape index (κ2) is 10.7. The van der Waals surface area contributed by atoms with Gasteiger partial charge in [0.25, 0.3) is 0 Å². The molecule has 152 valence electrons. The number of alkyl halides is 3. The lowest BCUT2D eigenvalue weighted by Crippen LogP contribution is -2.24. The van der Waals surface area contributed by atoms with Crippen molar-refractivity contribution < 1.29 is 17.9 Å². The van der Waals surface area contributed by atoms with E-state index in [0.29, 0.717) is 12.8 Å². The summed E-state index contributed by atoms with van der Waals surface area (Å²) in [5.41, 5.74) is 2.11. The van der Waals surface area contributed by atoms with Gasteiger partial charge in [-0.25, -0.2) is 4.98 Å². The molecule has 0 saturated heterocycles. The molecular formula is C21H31F3N2O. The molecule has 0 aliphatic carbocycles. The Morgan fingerprint density at radius 2 is 1.78 bits per heavy atom. The zero-order chi connectivity index (χ0) is 19.7. The summed E-state index contributed by atoms with van der Waals surface area (Å²) in [5, 5.41) is 1.10. The number of aromatic nitrogens is 2. The fourth-order valence-corrected chi connectivity index (χ4v) is 3.56. The van der Waals surface area contributed by atoms with E-state index in [1.54, 1.807) is 6.20 Å². The van der Waals surface area contributed by atoms with Crippen LogP contribution in [0.2, 0.25) is 0 Å². The number of halogens is 3. The molecule has 0 fully saturated rings.